The van der Waals surface area contributed by atoms with E-state index in [1.165, 1.54) is 0 Å². The van der Waals surface area contributed by atoms with Gasteiger partial charge in [0.25, 0.3) is 0 Å². The number of oxazole rings is 1. The minimum absolute atomic E-state index is 0.261. The standard InChI is InChI=1S/C21H17Cl2N3O3/c1-3-28-21(27)18-8-12(2)26(25-18)11-13-9-14(22)10-17-19(13)29-20(24-17)15-6-4-5-7-16(15)23/h4-10H,3,11H2,1-2H3. The molecule has 0 saturated carbocycles. The number of aryl methyl sites for hydroxylation is 1. The van der Waals surface area contributed by atoms with Gasteiger partial charge in [-0.05, 0) is 44.2 Å². The number of hydrogen-bond acceptors (Lipinski definition) is 5. The fraction of sp³-hybridized carbons (Fsp3) is 0.190. The van der Waals surface area contributed by atoms with Crippen molar-refractivity contribution in [2.24, 2.45) is 0 Å². The number of carbonyl (C=O) groups is 1. The van der Waals surface area contributed by atoms with Crippen molar-refractivity contribution in [2.45, 2.75) is 20.4 Å². The average molecular weight is 430 g/mol. The Hall–Kier alpha value is -2.83. The second kappa shape index (κ2) is 7.89. The molecule has 4 aromatic rings. The van der Waals surface area contributed by atoms with Crippen molar-refractivity contribution in [3.8, 4) is 11.5 Å². The van der Waals surface area contributed by atoms with E-state index in [0.29, 0.717) is 45.8 Å². The Bertz CT molecular complexity index is 1210. The number of benzene rings is 2. The highest BCUT2D eigenvalue weighted by atomic mass is 35.5. The fourth-order valence-corrected chi connectivity index (χ4v) is 3.52. The maximum Gasteiger partial charge on any atom is 0.358 e. The van der Waals surface area contributed by atoms with E-state index in [-0.39, 0.29) is 5.69 Å². The lowest BCUT2D eigenvalue weighted by atomic mass is 10.2. The molecule has 0 aliphatic heterocycles. The zero-order valence-corrected chi connectivity index (χ0v) is 17.3. The maximum atomic E-state index is 12.0. The molecule has 2 heterocycles. The van der Waals surface area contributed by atoms with Crippen LogP contribution in [0.4, 0.5) is 0 Å². The third kappa shape index (κ3) is 3.86. The SMILES string of the molecule is CCOC(=O)c1cc(C)n(Cc2cc(Cl)cc3nc(-c4ccccc4Cl)oc23)n1. The Kier molecular flexibility index (Phi) is 5.30. The van der Waals surface area contributed by atoms with Gasteiger partial charge in [0, 0.05) is 16.3 Å². The van der Waals surface area contributed by atoms with Crippen LogP contribution >= 0.6 is 23.2 Å². The van der Waals surface area contributed by atoms with Crippen LogP contribution in [0, 0.1) is 6.92 Å². The zero-order chi connectivity index (χ0) is 20.5. The van der Waals surface area contributed by atoms with Gasteiger partial charge in [-0.15, -0.1) is 0 Å². The quantitative estimate of drug-likeness (QED) is 0.390. The van der Waals surface area contributed by atoms with Gasteiger partial charge in [0.2, 0.25) is 5.89 Å². The number of fused-ring (bicyclic) bond motifs is 1. The van der Waals surface area contributed by atoms with Crippen LogP contribution < -0.4 is 0 Å². The molecule has 0 atom stereocenters. The summed E-state index contributed by atoms with van der Waals surface area (Å²) in [5.74, 6) is -0.0372. The molecule has 148 valence electrons. The van der Waals surface area contributed by atoms with E-state index in [4.69, 9.17) is 32.4 Å². The first-order valence-electron chi connectivity index (χ1n) is 9.01. The Morgan fingerprint density at radius 3 is 2.76 bits per heavy atom. The van der Waals surface area contributed by atoms with Crippen LogP contribution in [0.3, 0.4) is 0 Å². The minimum Gasteiger partial charge on any atom is -0.461 e. The number of hydrogen-bond donors (Lipinski definition) is 0. The van der Waals surface area contributed by atoms with Crippen molar-refractivity contribution >= 4 is 40.3 Å². The Morgan fingerprint density at radius 1 is 1.21 bits per heavy atom. The molecule has 0 bridgehead atoms. The maximum absolute atomic E-state index is 12.0. The summed E-state index contributed by atoms with van der Waals surface area (Å²) in [6, 6.07) is 12.6. The fourth-order valence-electron chi connectivity index (χ4n) is 3.07. The third-order valence-electron chi connectivity index (χ3n) is 4.42. The molecule has 6 nitrogen and oxygen atoms in total. The topological polar surface area (TPSA) is 70.2 Å². The molecular weight excluding hydrogens is 413 g/mol. The smallest absolute Gasteiger partial charge is 0.358 e. The van der Waals surface area contributed by atoms with E-state index in [0.717, 1.165) is 11.3 Å². The van der Waals surface area contributed by atoms with E-state index < -0.39 is 5.97 Å². The molecule has 0 radical (unpaired) electrons. The highest BCUT2D eigenvalue weighted by Crippen LogP contribution is 2.33. The Balaban J connectivity index is 1.75. The number of nitrogens with zero attached hydrogens (tertiary/aromatic N) is 3. The van der Waals surface area contributed by atoms with E-state index in [1.807, 2.05) is 25.1 Å². The Morgan fingerprint density at radius 2 is 2.00 bits per heavy atom. The van der Waals surface area contributed by atoms with Gasteiger partial charge in [0.15, 0.2) is 11.3 Å². The second-order valence-electron chi connectivity index (χ2n) is 6.46. The number of esters is 1. The molecule has 0 spiro atoms. The molecule has 4 rings (SSSR count). The van der Waals surface area contributed by atoms with Crippen LogP contribution in [0.1, 0.15) is 28.7 Å². The minimum atomic E-state index is -0.453. The first-order valence-corrected chi connectivity index (χ1v) is 9.77. The molecule has 0 N–H and O–H groups in total. The zero-order valence-electron chi connectivity index (χ0n) is 15.8. The lowest BCUT2D eigenvalue weighted by Gasteiger charge is -2.06. The predicted octanol–water partition coefficient (Wildman–Crippen LogP) is 5.53. The lowest BCUT2D eigenvalue weighted by molar-refractivity contribution is 0.0518. The largest absolute Gasteiger partial charge is 0.461 e. The molecule has 29 heavy (non-hydrogen) atoms. The summed E-state index contributed by atoms with van der Waals surface area (Å²) in [4.78, 5) is 16.5. The van der Waals surface area contributed by atoms with Crippen molar-refractivity contribution in [1.29, 1.82) is 0 Å². The number of rotatable bonds is 5. The van der Waals surface area contributed by atoms with Crippen LogP contribution in [0.25, 0.3) is 22.6 Å². The van der Waals surface area contributed by atoms with Crippen LogP contribution in [-0.4, -0.2) is 27.3 Å². The molecule has 0 saturated heterocycles. The second-order valence-corrected chi connectivity index (χ2v) is 7.30. The van der Waals surface area contributed by atoms with Crippen molar-refractivity contribution < 1.29 is 13.9 Å². The molecule has 0 aliphatic carbocycles. The monoisotopic (exact) mass is 429 g/mol. The van der Waals surface area contributed by atoms with Crippen LogP contribution in [0.5, 0.6) is 0 Å². The van der Waals surface area contributed by atoms with E-state index in [9.17, 15) is 4.79 Å². The number of ether oxygens (including phenoxy) is 1. The first-order chi connectivity index (χ1) is 14.0. The van der Waals surface area contributed by atoms with E-state index >= 15 is 0 Å². The number of halogens is 2. The number of carbonyl (C=O) groups excluding carboxylic acids is 1. The highest BCUT2D eigenvalue weighted by Gasteiger charge is 2.18. The van der Waals surface area contributed by atoms with E-state index in [2.05, 4.69) is 10.1 Å². The molecular formula is C21H17Cl2N3O3. The van der Waals surface area contributed by atoms with E-state index in [1.54, 1.807) is 35.9 Å². The molecule has 0 aliphatic rings. The van der Waals surface area contributed by atoms with Gasteiger partial charge in [-0.2, -0.15) is 5.10 Å². The average Bonchev–Trinajstić information content (AvgIpc) is 3.26. The van der Waals surface area contributed by atoms with Crippen molar-refractivity contribution in [1.82, 2.24) is 14.8 Å². The number of aromatic nitrogens is 3. The van der Waals surface area contributed by atoms with Crippen molar-refractivity contribution in [3.05, 3.63) is 69.5 Å². The van der Waals surface area contributed by atoms with Gasteiger partial charge in [-0.3, -0.25) is 4.68 Å². The van der Waals surface area contributed by atoms with Gasteiger partial charge < -0.3 is 9.15 Å². The third-order valence-corrected chi connectivity index (χ3v) is 4.97. The van der Waals surface area contributed by atoms with Crippen molar-refractivity contribution in [2.75, 3.05) is 6.61 Å². The summed E-state index contributed by atoms with van der Waals surface area (Å²) < 4.78 is 12.8. The molecule has 8 heteroatoms. The predicted molar refractivity (Wildman–Crippen MR) is 111 cm³/mol. The van der Waals surface area contributed by atoms with Gasteiger partial charge in [0.05, 0.1) is 23.7 Å². The van der Waals surface area contributed by atoms with Crippen LogP contribution in [0.2, 0.25) is 10.0 Å². The lowest BCUT2D eigenvalue weighted by Crippen LogP contribution is -2.08. The summed E-state index contributed by atoms with van der Waals surface area (Å²) in [5, 5.41) is 5.43. The van der Waals surface area contributed by atoms with Crippen LogP contribution in [-0.2, 0) is 11.3 Å². The summed E-state index contributed by atoms with van der Waals surface area (Å²) >= 11 is 12.6. The summed E-state index contributed by atoms with van der Waals surface area (Å²) in [5.41, 5.74) is 3.78. The first kappa shape index (κ1) is 19.5. The normalized spacial score (nSPS) is 11.2. The summed E-state index contributed by atoms with van der Waals surface area (Å²) in [7, 11) is 0. The van der Waals surface area contributed by atoms with Gasteiger partial charge in [0.1, 0.15) is 5.52 Å². The molecule has 2 aromatic carbocycles. The van der Waals surface area contributed by atoms with Gasteiger partial charge >= 0.3 is 5.97 Å². The molecule has 0 unspecified atom stereocenters. The molecule has 2 aromatic heterocycles. The van der Waals surface area contributed by atoms with Gasteiger partial charge in [-0.1, -0.05) is 35.3 Å². The molecule has 0 fully saturated rings. The van der Waals surface area contributed by atoms with Crippen LogP contribution in [0.15, 0.2) is 46.9 Å². The molecule has 0 amide bonds. The summed E-state index contributed by atoms with van der Waals surface area (Å²) in [6.07, 6.45) is 0. The Labute approximate surface area is 177 Å². The highest BCUT2D eigenvalue weighted by molar-refractivity contribution is 6.33. The summed E-state index contributed by atoms with van der Waals surface area (Å²) in [6.45, 7) is 4.28. The van der Waals surface area contributed by atoms with Gasteiger partial charge in [-0.25, -0.2) is 9.78 Å². The van der Waals surface area contributed by atoms with Crippen molar-refractivity contribution in [3.63, 3.8) is 0 Å².